The molecule has 0 saturated carbocycles. The van der Waals surface area contributed by atoms with Crippen molar-refractivity contribution in [1.82, 2.24) is 0 Å². The first-order valence-electron chi connectivity index (χ1n) is 9.50. The maximum atomic E-state index is 6.43. The molecule has 2 heteroatoms. The van der Waals surface area contributed by atoms with Crippen LogP contribution in [0.25, 0.3) is 0 Å². The molecule has 0 bridgehead atoms. The molecule has 0 unspecified atom stereocenters. The zero-order chi connectivity index (χ0) is 15.8. The van der Waals surface area contributed by atoms with Gasteiger partial charge in [-0.3, -0.25) is 0 Å². The largest absolute Gasteiger partial charge is 0.118 e. The minimum Gasteiger partial charge on any atom is -0.102 e. The molecule has 128 valence electrons. The highest BCUT2D eigenvalue weighted by molar-refractivity contribution is 6.48. The van der Waals surface area contributed by atoms with Crippen molar-refractivity contribution in [3.05, 3.63) is 0 Å². The van der Waals surface area contributed by atoms with Gasteiger partial charge in [0, 0.05) is 0 Å². The second kappa shape index (κ2) is 15.5. The molecule has 0 N–H and O–H groups in total. The van der Waals surface area contributed by atoms with Gasteiger partial charge in [0.2, 0.25) is 0 Å². The molecular formula is C19H38Cl2. The van der Waals surface area contributed by atoms with Gasteiger partial charge in [0.05, 0.1) is 0 Å². The normalized spacial score (nSPS) is 12.0. The van der Waals surface area contributed by atoms with Crippen LogP contribution in [-0.2, 0) is 0 Å². The van der Waals surface area contributed by atoms with E-state index in [4.69, 9.17) is 23.2 Å². The SMILES string of the molecule is CCCCCCCCCC(Cl)(Cl)CCCCCCCCC. The molecule has 0 nitrogen and oxygen atoms in total. The molecule has 0 amide bonds. The first kappa shape index (κ1) is 21.6. The number of unbranched alkanes of at least 4 members (excludes halogenated alkanes) is 12. The van der Waals surface area contributed by atoms with Crippen molar-refractivity contribution in [2.24, 2.45) is 0 Å². The summed E-state index contributed by atoms with van der Waals surface area (Å²) in [7, 11) is 0. The van der Waals surface area contributed by atoms with Crippen LogP contribution < -0.4 is 0 Å². The van der Waals surface area contributed by atoms with Crippen LogP contribution >= 0.6 is 23.2 Å². The van der Waals surface area contributed by atoms with E-state index in [1.165, 1.54) is 89.9 Å². The van der Waals surface area contributed by atoms with Crippen molar-refractivity contribution >= 4 is 23.2 Å². The lowest BCUT2D eigenvalue weighted by Gasteiger charge is -2.19. The molecule has 0 aromatic carbocycles. The smallest absolute Gasteiger partial charge is 0.102 e. The summed E-state index contributed by atoms with van der Waals surface area (Å²) in [5.74, 6) is 0. The predicted molar refractivity (Wildman–Crippen MR) is 99.7 cm³/mol. The van der Waals surface area contributed by atoms with Crippen LogP contribution in [0.15, 0.2) is 0 Å². The Bertz CT molecular complexity index is 182. The summed E-state index contributed by atoms with van der Waals surface area (Å²) in [6.45, 7) is 4.53. The van der Waals surface area contributed by atoms with Crippen molar-refractivity contribution < 1.29 is 0 Å². The zero-order valence-electron chi connectivity index (χ0n) is 14.6. The lowest BCUT2D eigenvalue weighted by Crippen LogP contribution is -2.12. The number of hydrogen-bond donors (Lipinski definition) is 0. The standard InChI is InChI=1S/C19H38Cl2/c1-3-5-7-9-11-13-15-17-19(20,21)18-16-14-12-10-8-6-4-2/h3-18H2,1-2H3. The molecule has 21 heavy (non-hydrogen) atoms. The van der Waals surface area contributed by atoms with Gasteiger partial charge < -0.3 is 0 Å². The van der Waals surface area contributed by atoms with E-state index in [0.29, 0.717) is 0 Å². The Balaban J connectivity index is 3.35. The van der Waals surface area contributed by atoms with E-state index in [9.17, 15) is 0 Å². The number of halogens is 2. The lowest BCUT2D eigenvalue weighted by molar-refractivity contribution is 0.512. The van der Waals surface area contributed by atoms with Crippen LogP contribution in [0.3, 0.4) is 0 Å². The van der Waals surface area contributed by atoms with Crippen LogP contribution in [0.1, 0.15) is 117 Å². The highest BCUT2D eigenvalue weighted by atomic mass is 35.5. The Morgan fingerprint density at radius 1 is 0.476 bits per heavy atom. The zero-order valence-corrected chi connectivity index (χ0v) is 16.1. The van der Waals surface area contributed by atoms with Gasteiger partial charge in [0.1, 0.15) is 4.33 Å². The predicted octanol–water partition coefficient (Wildman–Crippen LogP) is 8.44. The fourth-order valence-corrected chi connectivity index (χ4v) is 3.34. The maximum Gasteiger partial charge on any atom is 0.118 e. The van der Waals surface area contributed by atoms with E-state index < -0.39 is 4.33 Å². The second-order valence-corrected chi connectivity index (χ2v) is 8.24. The van der Waals surface area contributed by atoms with E-state index in [2.05, 4.69) is 13.8 Å². The third kappa shape index (κ3) is 16.8. The van der Waals surface area contributed by atoms with Gasteiger partial charge in [-0.05, 0) is 12.8 Å². The van der Waals surface area contributed by atoms with Gasteiger partial charge in [-0.15, -0.1) is 23.2 Å². The van der Waals surface area contributed by atoms with Crippen LogP contribution in [-0.4, -0.2) is 4.33 Å². The van der Waals surface area contributed by atoms with E-state index >= 15 is 0 Å². The summed E-state index contributed by atoms with van der Waals surface area (Å²) in [5, 5.41) is 0. The first-order chi connectivity index (χ1) is 10.1. The Morgan fingerprint density at radius 3 is 1.10 bits per heavy atom. The van der Waals surface area contributed by atoms with E-state index in [1.807, 2.05) is 0 Å². The Kier molecular flexibility index (Phi) is 15.9. The van der Waals surface area contributed by atoms with Gasteiger partial charge in [-0.25, -0.2) is 0 Å². The third-order valence-corrected chi connectivity index (χ3v) is 5.05. The summed E-state index contributed by atoms with van der Waals surface area (Å²) in [6, 6.07) is 0. The molecule has 0 aliphatic rings. The molecule has 0 radical (unpaired) electrons. The maximum absolute atomic E-state index is 6.43. The third-order valence-electron chi connectivity index (χ3n) is 4.29. The van der Waals surface area contributed by atoms with Gasteiger partial charge in [0.15, 0.2) is 0 Å². The van der Waals surface area contributed by atoms with Gasteiger partial charge >= 0.3 is 0 Å². The first-order valence-corrected chi connectivity index (χ1v) is 10.3. The van der Waals surface area contributed by atoms with Gasteiger partial charge in [-0.2, -0.15) is 0 Å². The molecule has 0 aromatic heterocycles. The summed E-state index contributed by atoms with van der Waals surface area (Å²) in [6.07, 6.45) is 20.6. The summed E-state index contributed by atoms with van der Waals surface area (Å²) in [5.41, 5.74) is 0. The molecule has 0 saturated heterocycles. The molecule has 0 atom stereocenters. The van der Waals surface area contributed by atoms with Crippen LogP contribution in [0.2, 0.25) is 0 Å². The van der Waals surface area contributed by atoms with Crippen molar-refractivity contribution in [2.75, 3.05) is 0 Å². The van der Waals surface area contributed by atoms with Crippen molar-refractivity contribution in [3.63, 3.8) is 0 Å². The molecule has 0 heterocycles. The Labute approximate surface area is 144 Å². The van der Waals surface area contributed by atoms with Gasteiger partial charge in [-0.1, -0.05) is 104 Å². The van der Waals surface area contributed by atoms with Crippen molar-refractivity contribution in [1.29, 1.82) is 0 Å². The molecule has 0 rings (SSSR count). The van der Waals surface area contributed by atoms with Crippen LogP contribution in [0.4, 0.5) is 0 Å². The fourth-order valence-electron chi connectivity index (χ4n) is 2.81. The van der Waals surface area contributed by atoms with Crippen LogP contribution in [0.5, 0.6) is 0 Å². The monoisotopic (exact) mass is 336 g/mol. The highest BCUT2D eigenvalue weighted by Crippen LogP contribution is 2.33. The Morgan fingerprint density at radius 2 is 0.762 bits per heavy atom. The molecular weight excluding hydrogens is 299 g/mol. The van der Waals surface area contributed by atoms with Crippen LogP contribution in [0, 0.1) is 0 Å². The minimum absolute atomic E-state index is 0.465. The second-order valence-electron chi connectivity index (χ2n) is 6.60. The molecule has 0 spiro atoms. The molecule has 0 aliphatic heterocycles. The van der Waals surface area contributed by atoms with Crippen molar-refractivity contribution in [3.8, 4) is 0 Å². The fraction of sp³-hybridized carbons (Fsp3) is 1.00. The number of rotatable bonds is 16. The summed E-state index contributed by atoms with van der Waals surface area (Å²) < 4.78 is -0.465. The molecule has 0 aromatic rings. The van der Waals surface area contributed by atoms with E-state index in [1.54, 1.807) is 0 Å². The molecule has 0 aliphatic carbocycles. The topological polar surface area (TPSA) is 0 Å². The molecule has 0 fully saturated rings. The van der Waals surface area contributed by atoms with Gasteiger partial charge in [0.25, 0.3) is 0 Å². The average molecular weight is 337 g/mol. The Hall–Kier alpha value is 0.580. The van der Waals surface area contributed by atoms with E-state index in [0.717, 1.165) is 12.8 Å². The quantitative estimate of drug-likeness (QED) is 0.196. The lowest BCUT2D eigenvalue weighted by atomic mass is 10.0. The summed E-state index contributed by atoms with van der Waals surface area (Å²) >= 11 is 12.9. The highest BCUT2D eigenvalue weighted by Gasteiger charge is 2.22. The summed E-state index contributed by atoms with van der Waals surface area (Å²) in [4.78, 5) is 0. The number of alkyl halides is 2. The van der Waals surface area contributed by atoms with E-state index in [-0.39, 0.29) is 0 Å². The minimum atomic E-state index is -0.465. The average Bonchev–Trinajstić information content (AvgIpc) is 2.45. The number of hydrogen-bond acceptors (Lipinski definition) is 0. The van der Waals surface area contributed by atoms with Crippen molar-refractivity contribution in [2.45, 2.75) is 121 Å².